The van der Waals surface area contributed by atoms with Gasteiger partial charge in [0.05, 0.1) is 17.1 Å². The number of hydrogen-bond donors (Lipinski definition) is 1. The second-order valence-electron chi connectivity index (χ2n) is 5.63. The molecule has 2 aromatic rings. The zero-order valence-electron chi connectivity index (χ0n) is 13.0. The van der Waals surface area contributed by atoms with Crippen molar-refractivity contribution in [3.8, 4) is 0 Å². The minimum Gasteiger partial charge on any atom is -0.309 e. The van der Waals surface area contributed by atoms with Gasteiger partial charge in [-0.3, -0.25) is 9.69 Å². The summed E-state index contributed by atoms with van der Waals surface area (Å²) in [5.41, 5.74) is 1.18. The molecule has 0 radical (unpaired) electrons. The van der Waals surface area contributed by atoms with Gasteiger partial charge >= 0.3 is 0 Å². The highest BCUT2D eigenvalue weighted by molar-refractivity contribution is 7.09. The van der Waals surface area contributed by atoms with E-state index in [2.05, 4.69) is 22.4 Å². The number of nitrogens with one attached hydrogen (secondary N) is 1. The van der Waals surface area contributed by atoms with Crippen molar-refractivity contribution in [1.82, 2.24) is 10.3 Å². The van der Waals surface area contributed by atoms with E-state index in [4.69, 9.17) is 0 Å². The van der Waals surface area contributed by atoms with Gasteiger partial charge in [0.25, 0.3) is 0 Å². The minimum absolute atomic E-state index is 0.0635. The summed E-state index contributed by atoms with van der Waals surface area (Å²) in [5, 5.41) is 6.13. The fraction of sp³-hybridized carbons (Fsp3) is 0.412. The molecule has 2 heterocycles. The van der Waals surface area contributed by atoms with Gasteiger partial charge in [0.1, 0.15) is 5.82 Å². The van der Waals surface area contributed by atoms with Crippen LogP contribution in [0.3, 0.4) is 0 Å². The molecule has 0 saturated carbocycles. The first kappa shape index (κ1) is 15.2. The molecular formula is C17H21N3OS. The molecule has 1 aliphatic rings. The van der Waals surface area contributed by atoms with Crippen LogP contribution >= 0.6 is 11.3 Å². The first-order chi connectivity index (χ1) is 10.7. The third kappa shape index (κ3) is 2.91. The molecule has 1 aliphatic heterocycles. The molecule has 1 fully saturated rings. The van der Waals surface area contributed by atoms with Crippen molar-refractivity contribution in [3.05, 3.63) is 46.3 Å². The number of carbonyl (C=O) groups is 1. The number of aromatic nitrogens is 1. The molecular weight excluding hydrogens is 294 g/mol. The van der Waals surface area contributed by atoms with Gasteiger partial charge in [0.15, 0.2) is 0 Å². The van der Waals surface area contributed by atoms with Crippen LogP contribution in [-0.2, 0) is 4.79 Å². The molecule has 1 aromatic heterocycles. The van der Waals surface area contributed by atoms with Crippen LogP contribution in [0.5, 0.6) is 0 Å². The number of rotatable bonds is 3. The Morgan fingerprint density at radius 2 is 2.05 bits per heavy atom. The normalized spacial score (nSPS) is 22.6. The Morgan fingerprint density at radius 1 is 1.27 bits per heavy atom. The van der Waals surface area contributed by atoms with Gasteiger partial charge in [0.2, 0.25) is 5.91 Å². The van der Waals surface area contributed by atoms with E-state index in [0.717, 1.165) is 30.1 Å². The lowest BCUT2D eigenvalue weighted by atomic mass is 10.0. The fourth-order valence-electron chi connectivity index (χ4n) is 3.08. The summed E-state index contributed by atoms with van der Waals surface area (Å²) in [5.74, 6) is 0.905. The van der Waals surface area contributed by atoms with Crippen LogP contribution in [0.15, 0.2) is 35.7 Å². The Balaban J connectivity index is 2.03. The third-order valence-electron chi connectivity index (χ3n) is 4.20. The highest BCUT2D eigenvalue weighted by Crippen LogP contribution is 2.35. The number of carbonyl (C=O) groups excluding carboxylic acids is 1. The van der Waals surface area contributed by atoms with E-state index >= 15 is 0 Å². The van der Waals surface area contributed by atoms with Crippen LogP contribution in [-0.4, -0.2) is 24.0 Å². The summed E-state index contributed by atoms with van der Waals surface area (Å²) in [4.78, 5) is 19.5. The molecule has 22 heavy (non-hydrogen) atoms. The molecule has 1 saturated heterocycles. The van der Waals surface area contributed by atoms with E-state index in [1.807, 2.05) is 42.5 Å². The molecule has 2 unspecified atom stereocenters. The van der Waals surface area contributed by atoms with E-state index in [9.17, 15) is 4.79 Å². The number of anilines is 1. The van der Waals surface area contributed by atoms with E-state index in [1.165, 1.54) is 5.56 Å². The average molecular weight is 315 g/mol. The van der Waals surface area contributed by atoms with Gasteiger partial charge in [-0.2, -0.15) is 0 Å². The molecule has 1 amide bonds. The summed E-state index contributed by atoms with van der Waals surface area (Å²) in [6.07, 6.45) is 2.86. The number of likely N-dealkylation sites (N-methyl/N-ethyl adjacent to an activating group) is 1. The van der Waals surface area contributed by atoms with Gasteiger partial charge in [-0.25, -0.2) is 4.98 Å². The standard InChI is InChI=1S/C17H21N3OS/c1-12-19-16(11-22-12)20-15(13-7-4-3-5-8-13)10-6-9-14(18-2)17(20)21/h3-5,7-8,11,14-15,18H,6,9-10H2,1-2H3. The summed E-state index contributed by atoms with van der Waals surface area (Å²) < 4.78 is 0. The Kier molecular flexibility index (Phi) is 4.55. The quantitative estimate of drug-likeness (QED) is 0.945. The monoisotopic (exact) mass is 315 g/mol. The van der Waals surface area contributed by atoms with Crippen molar-refractivity contribution in [2.24, 2.45) is 0 Å². The van der Waals surface area contributed by atoms with Gasteiger partial charge in [0, 0.05) is 5.38 Å². The number of aryl methyl sites for hydroxylation is 1. The number of thiazole rings is 1. The van der Waals surface area contributed by atoms with E-state index in [1.54, 1.807) is 11.3 Å². The van der Waals surface area contributed by atoms with Gasteiger partial charge < -0.3 is 5.32 Å². The molecule has 0 bridgehead atoms. The molecule has 5 heteroatoms. The number of hydrogen-bond acceptors (Lipinski definition) is 4. The second kappa shape index (κ2) is 6.58. The number of benzene rings is 1. The van der Waals surface area contributed by atoms with Crippen molar-refractivity contribution in [2.75, 3.05) is 11.9 Å². The van der Waals surface area contributed by atoms with Crippen LogP contribution in [0, 0.1) is 6.92 Å². The zero-order chi connectivity index (χ0) is 15.5. The molecule has 3 rings (SSSR count). The Hall–Kier alpha value is -1.72. The van der Waals surface area contributed by atoms with Crippen LogP contribution in [0.1, 0.15) is 35.9 Å². The molecule has 1 N–H and O–H groups in total. The smallest absolute Gasteiger partial charge is 0.245 e. The van der Waals surface area contributed by atoms with E-state index < -0.39 is 0 Å². The summed E-state index contributed by atoms with van der Waals surface area (Å²) in [7, 11) is 1.86. The van der Waals surface area contributed by atoms with Crippen molar-refractivity contribution >= 4 is 23.1 Å². The molecule has 4 nitrogen and oxygen atoms in total. The maximum Gasteiger partial charge on any atom is 0.245 e. The summed E-state index contributed by atoms with van der Waals surface area (Å²) >= 11 is 1.59. The number of nitrogens with zero attached hydrogens (tertiary/aromatic N) is 2. The van der Waals surface area contributed by atoms with Crippen LogP contribution in [0.2, 0.25) is 0 Å². The van der Waals surface area contributed by atoms with Crippen molar-refractivity contribution < 1.29 is 4.79 Å². The molecule has 116 valence electrons. The molecule has 1 aromatic carbocycles. The maximum atomic E-state index is 13.0. The Morgan fingerprint density at radius 3 is 2.68 bits per heavy atom. The topological polar surface area (TPSA) is 45.2 Å². The van der Waals surface area contributed by atoms with Gasteiger partial charge in [-0.05, 0) is 38.8 Å². The second-order valence-corrected chi connectivity index (χ2v) is 6.69. The lowest BCUT2D eigenvalue weighted by Gasteiger charge is -2.30. The Bertz CT molecular complexity index is 640. The predicted molar refractivity (Wildman–Crippen MR) is 90.2 cm³/mol. The predicted octanol–water partition coefficient (Wildman–Crippen LogP) is 3.30. The van der Waals surface area contributed by atoms with Crippen molar-refractivity contribution in [2.45, 2.75) is 38.3 Å². The highest BCUT2D eigenvalue weighted by atomic mass is 32.1. The lowest BCUT2D eigenvalue weighted by molar-refractivity contribution is -0.120. The maximum absolute atomic E-state index is 13.0. The summed E-state index contributed by atoms with van der Waals surface area (Å²) in [6.45, 7) is 1.98. The average Bonchev–Trinajstić information content (AvgIpc) is 2.89. The van der Waals surface area contributed by atoms with Crippen LogP contribution in [0.4, 0.5) is 5.82 Å². The third-order valence-corrected chi connectivity index (χ3v) is 4.97. The fourth-order valence-corrected chi connectivity index (χ4v) is 3.67. The van der Waals surface area contributed by atoms with Crippen molar-refractivity contribution in [1.29, 1.82) is 0 Å². The van der Waals surface area contributed by atoms with Crippen LogP contribution < -0.4 is 10.2 Å². The largest absolute Gasteiger partial charge is 0.309 e. The van der Waals surface area contributed by atoms with E-state index in [0.29, 0.717) is 0 Å². The minimum atomic E-state index is -0.129. The zero-order valence-corrected chi connectivity index (χ0v) is 13.8. The van der Waals surface area contributed by atoms with Crippen LogP contribution in [0.25, 0.3) is 0 Å². The number of amides is 1. The van der Waals surface area contributed by atoms with Gasteiger partial charge in [-0.15, -0.1) is 11.3 Å². The summed E-state index contributed by atoms with van der Waals surface area (Å²) in [6, 6.07) is 10.2. The van der Waals surface area contributed by atoms with E-state index in [-0.39, 0.29) is 18.0 Å². The highest BCUT2D eigenvalue weighted by Gasteiger charge is 2.35. The Labute approximate surface area is 135 Å². The van der Waals surface area contributed by atoms with Gasteiger partial charge in [-0.1, -0.05) is 30.3 Å². The lowest BCUT2D eigenvalue weighted by Crippen LogP contribution is -2.45. The first-order valence-electron chi connectivity index (χ1n) is 7.68. The SMILES string of the molecule is CNC1CCCC(c2ccccc2)N(c2csc(C)n2)C1=O. The molecule has 0 spiro atoms. The molecule has 0 aliphatic carbocycles. The first-order valence-corrected chi connectivity index (χ1v) is 8.56. The van der Waals surface area contributed by atoms with Crippen molar-refractivity contribution in [3.63, 3.8) is 0 Å². The molecule has 2 atom stereocenters.